The lowest BCUT2D eigenvalue weighted by atomic mass is 9.96. The van der Waals surface area contributed by atoms with Crippen LogP contribution in [0.5, 0.6) is 0 Å². The summed E-state index contributed by atoms with van der Waals surface area (Å²) < 4.78 is 40.7. The molecule has 0 saturated carbocycles. The van der Waals surface area contributed by atoms with Gasteiger partial charge in [0.15, 0.2) is 6.04 Å². The molecule has 0 amide bonds. The second kappa shape index (κ2) is 5.21. The molecule has 1 N–H and O–H groups in total. The molecule has 8 heteroatoms. The Morgan fingerprint density at radius 2 is 2.00 bits per heavy atom. The molecule has 0 aliphatic carbocycles. The topological polar surface area (TPSA) is 53.6 Å². The van der Waals surface area contributed by atoms with Gasteiger partial charge >= 0.3 is 6.18 Å². The zero-order valence-corrected chi connectivity index (χ0v) is 11.9. The molecule has 2 heterocycles. The van der Waals surface area contributed by atoms with Crippen molar-refractivity contribution in [1.29, 1.82) is 5.26 Å². The van der Waals surface area contributed by atoms with Crippen molar-refractivity contribution in [2.75, 3.05) is 5.32 Å². The lowest BCUT2D eigenvalue weighted by Gasteiger charge is -2.33. The molecule has 0 saturated heterocycles. The summed E-state index contributed by atoms with van der Waals surface area (Å²) in [6, 6.07) is 6.10. The smallest absolute Gasteiger partial charge is 0.362 e. The molecule has 22 heavy (non-hydrogen) atoms. The van der Waals surface area contributed by atoms with Gasteiger partial charge in [0.2, 0.25) is 0 Å². The number of nitrogens with zero attached hydrogens (tertiary/aromatic N) is 3. The van der Waals surface area contributed by atoms with Gasteiger partial charge in [-0.05, 0) is 17.7 Å². The Kier molecular flexibility index (Phi) is 3.49. The van der Waals surface area contributed by atoms with E-state index in [2.05, 4.69) is 10.4 Å². The first-order valence-corrected chi connectivity index (χ1v) is 6.84. The first-order chi connectivity index (χ1) is 10.4. The molecule has 1 aliphatic heterocycles. The SMILES string of the molecule is N#Cc1cnn2c1NC(c1ccc(Cl)cc1)CC2C(F)(F)F. The van der Waals surface area contributed by atoms with Gasteiger partial charge in [0.1, 0.15) is 17.5 Å². The van der Waals surface area contributed by atoms with E-state index in [0.29, 0.717) is 10.6 Å². The molecule has 0 fully saturated rings. The number of alkyl halides is 3. The number of fused-ring (bicyclic) bond motifs is 1. The van der Waals surface area contributed by atoms with E-state index in [9.17, 15) is 13.2 Å². The van der Waals surface area contributed by atoms with E-state index < -0.39 is 18.3 Å². The highest BCUT2D eigenvalue weighted by molar-refractivity contribution is 6.30. The number of rotatable bonds is 1. The van der Waals surface area contributed by atoms with Crippen molar-refractivity contribution in [3.05, 3.63) is 46.6 Å². The molecular formula is C14H10ClF3N4. The van der Waals surface area contributed by atoms with Crippen LogP contribution in [0.2, 0.25) is 5.02 Å². The van der Waals surface area contributed by atoms with Gasteiger partial charge in [0, 0.05) is 11.4 Å². The van der Waals surface area contributed by atoms with E-state index >= 15 is 0 Å². The summed E-state index contributed by atoms with van der Waals surface area (Å²) in [5, 5.41) is 16.2. The van der Waals surface area contributed by atoms with Crippen LogP contribution in [-0.2, 0) is 0 Å². The van der Waals surface area contributed by atoms with Crippen molar-refractivity contribution in [3.8, 4) is 6.07 Å². The number of hydrogen-bond acceptors (Lipinski definition) is 3. The average Bonchev–Trinajstić information content (AvgIpc) is 2.88. The van der Waals surface area contributed by atoms with E-state index in [1.54, 1.807) is 24.3 Å². The van der Waals surface area contributed by atoms with Crippen LogP contribution < -0.4 is 5.32 Å². The minimum Gasteiger partial charge on any atom is -0.362 e. The summed E-state index contributed by atoms with van der Waals surface area (Å²) in [5.74, 6) is 0.0935. The molecule has 4 nitrogen and oxygen atoms in total. The fraction of sp³-hybridized carbons (Fsp3) is 0.286. The van der Waals surface area contributed by atoms with Crippen LogP contribution in [0.3, 0.4) is 0 Å². The molecule has 2 atom stereocenters. The third-order valence-corrected chi connectivity index (χ3v) is 3.88. The number of nitrogens with one attached hydrogen (secondary N) is 1. The summed E-state index contributed by atoms with van der Waals surface area (Å²) in [7, 11) is 0. The average molecular weight is 327 g/mol. The van der Waals surface area contributed by atoms with Crippen LogP contribution in [0.1, 0.15) is 29.6 Å². The zero-order valence-electron chi connectivity index (χ0n) is 11.1. The highest BCUT2D eigenvalue weighted by Gasteiger charge is 2.46. The van der Waals surface area contributed by atoms with E-state index in [0.717, 1.165) is 10.9 Å². The standard InChI is InChI=1S/C14H10ClF3N4/c15-10-3-1-8(2-4-10)11-5-12(14(16,17)18)22-13(21-11)9(6-19)7-20-22/h1-4,7,11-12,21H,5H2. The van der Waals surface area contributed by atoms with E-state index in [-0.39, 0.29) is 17.8 Å². The fourth-order valence-electron chi connectivity index (χ4n) is 2.56. The Morgan fingerprint density at radius 3 is 2.59 bits per heavy atom. The second-order valence-electron chi connectivity index (χ2n) is 5.00. The van der Waals surface area contributed by atoms with Gasteiger partial charge < -0.3 is 5.32 Å². The van der Waals surface area contributed by atoms with Crippen LogP contribution >= 0.6 is 11.6 Å². The Hall–Kier alpha value is -2.20. The van der Waals surface area contributed by atoms with Crippen LogP contribution in [0.25, 0.3) is 0 Å². The molecule has 2 unspecified atom stereocenters. The zero-order chi connectivity index (χ0) is 15.9. The highest BCUT2D eigenvalue weighted by Crippen LogP contribution is 2.44. The quantitative estimate of drug-likeness (QED) is 0.859. The maximum Gasteiger partial charge on any atom is 0.410 e. The lowest BCUT2D eigenvalue weighted by Crippen LogP contribution is -2.35. The Bertz CT molecular complexity index is 730. The third-order valence-electron chi connectivity index (χ3n) is 3.63. The van der Waals surface area contributed by atoms with Crippen LogP contribution in [0, 0.1) is 11.3 Å². The number of aromatic nitrogens is 2. The molecule has 1 aromatic carbocycles. The molecule has 1 aromatic heterocycles. The van der Waals surface area contributed by atoms with Crippen LogP contribution in [0.15, 0.2) is 30.5 Å². The summed E-state index contributed by atoms with van der Waals surface area (Å²) >= 11 is 5.81. The first-order valence-electron chi connectivity index (χ1n) is 6.46. The first kappa shape index (κ1) is 14.7. The number of hydrogen-bond donors (Lipinski definition) is 1. The van der Waals surface area contributed by atoms with Crippen molar-refractivity contribution in [2.45, 2.75) is 24.7 Å². The van der Waals surface area contributed by atoms with Crippen molar-refractivity contribution >= 4 is 17.4 Å². The highest BCUT2D eigenvalue weighted by atomic mass is 35.5. The monoisotopic (exact) mass is 326 g/mol. The van der Waals surface area contributed by atoms with Gasteiger partial charge in [0.05, 0.1) is 12.2 Å². The molecule has 0 radical (unpaired) electrons. The van der Waals surface area contributed by atoms with Crippen molar-refractivity contribution in [1.82, 2.24) is 9.78 Å². The van der Waals surface area contributed by atoms with Crippen molar-refractivity contribution < 1.29 is 13.2 Å². The summed E-state index contributed by atoms with van der Waals surface area (Å²) in [5.41, 5.74) is 0.767. The Morgan fingerprint density at radius 1 is 1.32 bits per heavy atom. The Labute approximate surface area is 129 Å². The largest absolute Gasteiger partial charge is 0.410 e. The van der Waals surface area contributed by atoms with E-state index in [1.165, 1.54) is 0 Å². The van der Waals surface area contributed by atoms with Crippen LogP contribution in [0.4, 0.5) is 19.0 Å². The maximum atomic E-state index is 13.3. The van der Waals surface area contributed by atoms with Gasteiger partial charge in [-0.2, -0.15) is 23.5 Å². The lowest BCUT2D eigenvalue weighted by molar-refractivity contribution is -0.173. The predicted molar refractivity (Wildman–Crippen MR) is 74.5 cm³/mol. The van der Waals surface area contributed by atoms with E-state index in [4.69, 9.17) is 16.9 Å². The van der Waals surface area contributed by atoms with Gasteiger partial charge in [-0.1, -0.05) is 23.7 Å². The number of anilines is 1. The number of halogens is 4. The number of benzene rings is 1. The van der Waals surface area contributed by atoms with Gasteiger partial charge in [-0.15, -0.1) is 0 Å². The maximum absolute atomic E-state index is 13.3. The van der Waals surface area contributed by atoms with Crippen molar-refractivity contribution in [2.24, 2.45) is 0 Å². The predicted octanol–water partition coefficient (Wildman–Crippen LogP) is 4.07. The molecule has 0 bridgehead atoms. The van der Waals surface area contributed by atoms with Crippen molar-refractivity contribution in [3.63, 3.8) is 0 Å². The summed E-state index contributed by atoms with van der Waals surface area (Å²) in [6.45, 7) is 0. The van der Waals surface area contributed by atoms with Gasteiger partial charge in [0.25, 0.3) is 0 Å². The second-order valence-corrected chi connectivity index (χ2v) is 5.44. The number of nitriles is 1. The molecule has 2 aromatic rings. The van der Waals surface area contributed by atoms with E-state index in [1.807, 2.05) is 6.07 Å². The van der Waals surface area contributed by atoms with Crippen LogP contribution in [-0.4, -0.2) is 16.0 Å². The minimum absolute atomic E-state index is 0.0907. The van der Waals surface area contributed by atoms with Gasteiger partial charge in [-0.25, -0.2) is 4.68 Å². The summed E-state index contributed by atoms with van der Waals surface area (Å²) in [4.78, 5) is 0. The molecule has 0 spiro atoms. The summed E-state index contributed by atoms with van der Waals surface area (Å²) in [6.07, 6.45) is -3.50. The normalized spacial score (nSPS) is 20.9. The third kappa shape index (κ3) is 2.50. The Balaban J connectivity index is 2.03. The minimum atomic E-state index is -4.44. The molecule has 1 aliphatic rings. The molecular weight excluding hydrogens is 317 g/mol. The molecule has 114 valence electrons. The van der Waals surface area contributed by atoms with Gasteiger partial charge in [-0.3, -0.25) is 0 Å². The molecule has 3 rings (SSSR count). The fourth-order valence-corrected chi connectivity index (χ4v) is 2.68.